The topological polar surface area (TPSA) is 76.3 Å². The molecule has 0 spiro atoms. The summed E-state index contributed by atoms with van der Waals surface area (Å²) in [6.07, 6.45) is 0. The third-order valence-electron chi connectivity index (χ3n) is 2.78. The number of primary amides is 1. The first kappa shape index (κ1) is 15.1. The summed E-state index contributed by atoms with van der Waals surface area (Å²) >= 11 is 1.34. The normalized spacial score (nSPS) is 10.4. The summed E-state index contributed by atoms with van der Waals surface area (Å²) in [6.45, 7) is 1.60. The summed E-state index contributed by atoms with van der Waals surface area (Å²) in [7, 11) is 1.48. The van der Waals surface area contributed by atoms with Gasteiger partial charge in [-0.05, 0) is 24.6 Å². The van der Waals surface area contributed by atoms with E-state index >= 15 is 0 Å². The summed E-state index contributed by atoms with van der Waals surface area (Å²) in [4.78, 5) is 29.3. The number of hydrogen-bond donors (Lipinski definition) is 1. The van der Waals surface area contributed by atoms with Gasteiger partial charge in [0.2, 0.25) is 5.91 Å². The molecule has 0 fully saturated rings. The van der Waals surface area contributed by atoms with Gasteiger partial charge in [-0.2, -0.15) is 0 Å². The van der Waals surface area contributed by atoms with Crippen LogP contribution in [0.1, 0.15) is 15.5 Å². The number of amides is 2. The highest BCUT2D eigenvalue weighted by atomic mass is 32.1. The van der Waals surface area contributed by atoms with Crippen LogP contribution in [0.3, 0.4) is 0 Å². The Hall–Kier alpha value is -2.28. The van der Waals surface area contributed by atoms with E-state index in [2.05, 4.69) is 4.98 Å². The van der Waals surface area contributed by atoms with Crippen molar-refractivity contribution in [1.29, 1.82) is 0 Å². The maximum atomic E-state index is 13.0. The van der Waals surface area contributed by atoms with Gasteiger partial charge < -0.3 is 10.6 Å². The summed E-state index contributed by atoms with van der Waals surface area (Å²) in [5, 5.41) is 0.713. The second-order valence-electron chi connectivity index (χ2n) is 4.55. The summed E-state index contributed by atoms with van der Waals surface area (Å²) < 4.78 is 13.0. The summed E-state index contributed by atoms with van der Waals surface area (Å²) in [5.74, 6) is -1.34. The largest absolute Gasteiger partial charge is 0.368 e. The number of nitrogens with zero attached hydrogens (tertiary/aromatic N) is 2. The number of nitrogens with two attached hydrogens (primary N) is 1. The predicted octanol–water partition coefficient (Wildman–Crippen LogP) is 1.81. The van der Waals surface area contributed by atoms with Crippen molar-refractivity contribution < 1.29 is 14.0 Å². The SMILES string of the molecule is Cc1nc(C(=O)N(C)CC(N)=O)c(-c2ccc(F)cc2)s1. The third kappa shape index (κ3) is 3.43. The minimum absolute atomic E-state index is 0.182. The Morgan fingerprint density at radius 1 is 1.33 bits per heavy atom. The lowest BCUT2D eigenvalue weighted by Gasteiger charge is -2.14. The van der Waals surface area contributed by atoms with Crippen LogP contribution in [0.25, 0.3) is 10.4 Å². The van der Waals surface area contributed by atoms with Gasteiger partial charge in [-0.15, -0.1) is 11.3 Å². The first-order valence-electron chi connectivity index (χ1n) is 6.15. The van der Waals surface area contributed by atoms with Crippen LogP contribution in [0.4, 0.5) is 4.39 Å². The molecule has 1 aromatic heterocycles. The third-order valence-corrected chi connectivity index (χ3v) is 3.80. The average molecular weight is 307 g/mol. The molecule has 5 nitrogen and oxygen atoms in total. The van der Waals surface area contributed by atoms with Crippen molar-refractivity contribution in [2.45, 2.75) is 6.92 Å². The first-order chi connectivity index (χ1) is 9.88. The maximum absolute atomic E-state index is 13.0. The lowest BCUT2D eigenvalue weighted by Crippen LogP contribution is -2.35. The molecule has 21 heavy (non-hydrogen) atoms. The maximum Gasteiger partial charge on any atom is 0.274 e. The summed E-state index contributed by atoms with van der Waals surface area (Å²) in [6, 6.07) is 5.83. The van der Waals surface area contributed by atoms with Crippen LogP contribution in [0.15, 0.2) is 24.3 Å². The molecule has 0 aliphatic rings. The number of benzene rings is 1. The minimum Gasteiger partial charge on any atom is -0.368 e. The van der Waals surface area contributed by atoms with Gasteiger partial charge in [0.05, 0.1) is 16.4 Å². The monoisotopic (exact) mass is 307 g/mol. The highest BCUT2D eigenvalue weighted by molar-refractivity contribution is 7.15. The van der Waals surface area contributed by atoms with E-state index < -0.39 is 11.8 Å². The van der Waals surface area contributed by atoms with Crippen molar-refractivity contribution in [1.82, 2.24) is 9.88 Å². The van der Waals surface area contributed by atoms with Gasteiger partial charge in [-0.25, -0.2) is 9.37 Å². The number of aromatic nitrogens is 1. The zero-order valence-electron chi connectivity index (χ0n) is 11.6. The van der Waals surface area contributed by atoms with E-state index in [1.165, 1.54) is 35.4 Å². The molecule has 2 amide bonds. The number of carbonyl (C=O) groups is 2. The number of aryl methyl sites for hydroxylation is 1. The molecule has 0 aliphatic carbocycles. The van der Waals surface area contributed by atoms with E-state index in [1.807, 2.05) is 0 Å². The van der Waals surface area contributed by atoms with Crippen LogP contribution in [-0.2, 0) is 4.79 Å². The molecule has 0 saturated carbocycles. The number of thiazole rings is 1. The van der Waals surface area contributed by atoms with Crippen LogP contribution in [0, 0.1) is 12.7 Å². The Morgan fingerprint density at radius 3 is 2.52 bits per heavy atom. The molecule has 0 unspecified atom stereocenters. The lowest BCUT2D eigenvalue weighted by molar-refractivity contribution is -0.118. The van der Waals surface area contributed by atoms with E-state index in [0.29, 0.717) is 15.4 Å². The van der Waals surface area contributed by atoms with Crippen LogP contribution in [0.2, 0.25) is 0 Å². The number of rotatable bonds is 4. The van der Waals surface area contributed by atoms with E-state index in [1.54, 1.807) is 19.1 Å². The molecule has 0 saturated heterocycles. The van der Waals surface area contributed by atoms with Crippen molar-refractivity contribution in [3.63, 3.8) is 0 Å². The predicted molar refractivity (Wildman–Crippen MR) is 78.4 cm³/mol. The van der Waals surface area contributed by atoms with Gasteiger partial charge in [-0.1, -0.05) is 12.1 Å². The van der Waals surface area contributed by atoms with Crippen molar-refractivity contribution in [2.75, 3.05) is 13.6 Å². The average Bonchev–Trinajstić information content (AvgIpc) is 2.80. The molecule has 1 heterocycles. The van der Waals surface area contributed by atoms with Gasteiger partial charge in [0.25, 0.3) is 5.91 Å². The Labute approximate surface area is 125 Å². The van der Waals surface area contributed by atoms with Crippen molar-refractivity contribution >= 4 is 23.2 Å². The molecule has 0 bridgehead atoms. The van der Waals surface area contributed by atoms with Crippen LogP contribution >= 0.6 is 11.3 Å². The summed E-state index contributed by atoms with van der Waals surface area (Å²) in [5.41, 5.74) is 6.04. The van der Waals surface area contributed by atoms with Gasteiger partial charge in [-0.3, -0.25) is 9.59 Å². The lowest BCUT2D eigenvalue weighted by atomic mass is 10.1. The molecule has 110 valence electrons. The minimum atomic E-state index is -0.596. The molecule has 7 heteroatoms. The van der Waals surface area contributed by atoms with Crippen molar-refractivity contribution in [3.8, 4) is 10.4 Å². The molecular weight excluding hydrogens is 293 g/mol. The van der Waals surface area contributed by atoms with Gasteiger partial charge in [0.15, 0.2) is 0 Å². The first-order valence-corrected chi connectivity index (χ1v) is 6.97. The van der Waals surface area contributed by atoms with Gasteiger partial charge >= 0.3 is 0 Å². The fourth-order valence-electron chi connectivity index (χ4n) is 1.86. The quantitative estimate of drug-likeness (QED) is 0.936. The molecule has 2 rings (SSSR count). The number of halogens is 1. The highest BCUT2D eigenvalue weighted by Gasteiger charge is 2.22. The second-order valence-corrected chi connectivity index (χ2v) is 5.75. The molecule has 2 aromatic rings. The van der Waals surface area contributed by atoms with E-state index in [9.17, 15) is 14.0 Å². The molecule has 0 aliphatic heterocycles. The molecule has 1 aromatic carbocycles. The van der Waals surface area contributed by atoms with Gasteiger partial charge in [0.1, 0.15) is 11.5 Å². The van der Waals surface area contributed by atoms with Gasteiger partial charge in [0, 0.05) is 7.05 Å². The van der Waals surface area contributed by atoms with Crippen LogP contribution in [0.5, 0.6) is 0 Å². The zero-order chi connectivity index (χ0) is 15.6. The van der Waals surface area contributed by atoms with Crippen LogP contribution < -0.4 is 5.73 Å². The molecule has 2 N–H and O–H groups in total. The fourth-order valence-corrected chi connectivity index (χ4v) is 2.77. The smallest absolute Gasteiger partial charge is 0.274 e. The Balaban J connectivity index is 2.39. The Morgan fingerprint density at radius 2 is 1.95 bits per heavy atom. The second kappa shape index (κ2) is 6.01. The molecule has 0 radical (unpaired) electrons. The van der Waals surface area contributed by atoms with E-state index in [4.69, 9.17) is 5.73 Å². The molecular formula is C14H14FN3O2S. The highest BCUT2D eigenvalue weighted by Crippen LogP contribution is 2.30. The Kier molecular flexibility index (Phi) is 4.32. The molecule has 0 atom stereocenters. The van der Waals surface area contributed by atoms with Crippen molar-refractivity contribution in [3.05, 3.63) is 40.8 Å². The van der Waals surface area contributed by atoms with Crippen molar-refractivity contribution in [2.24, 2.45) is 5.73 Å². The van der Waals surface area contributed by atoms with E-state index in [0.717, 1.165) is 0 Å². The van der Waals surface area contributed by atoms with E-state index in [-0.39, 0.29) is 18.1 Å². The Bertz CT molecular complexity index is 682. The number of likely N-dealkylation sites (N-methyl/N-ethyl adjacent to an activating group) is 1. The van der Waals surface area contributed by atoms with Crippen LogP contribution in [-0.4, -0.2) is 35.3 Å². The number of hydrogen-bond acceptors (Lipinski definition) is 4. The number of carbonyl (C=O) groups excluding carboxylic acids is 2. The standard InChI is InChI=1S/C14H14FN3O2S/c1-8-17-12(14(20)18(2)7-11(16)19)13(21-8)9-3-5-10(15)6-4-9/h3-6H,7H2,1-2H3,(H2,16,19). The zero-order valence-corrected chi connectivity index (χ0v) is 12.4. The fraction of sp³-hybridized carbons (Fsp3) is 0.214.